The van der Waals surface area contributed by atoms with Gasteiger partial charge in [-0.2, -0.15) is 0 Å². The van der Waals surface area contributed by atoms with Crippen LogP contribution in [0.15, 0.2) is 24.3 Å². The van der Waals surface area contributed by atoms with Crippen molar-refractivity contribution in [2.24, 2.45) is 11.1 Å². The molecule has 0 heterocycles. The molecule has 0 aliphatic carbocycles. The molecule has 0 radical (unpaired) electrons. The first-order chi connectivity index (χ1) is 9.50. The average Bonchev–Trinajstić information content (AvgIpc) is 2.33. The summed E-state index contributed by atoms with van der Waals surface area (Å²) in [5.41, 5.74) is 5.56. The highest BCUT2D eigenvalue weighted by Crippen LogP contribution is 2.26. The van der Waals surface area contributed by atoms with Gasteiger partial charge in [-0.3, -0.25) is 4.79 Å². The fraction of sp³-hybridized carbons (Fsp3) is 0.500. The molecular formula is C14H19F3N2O2. The van der Waals surface area contributed by atoms with Gasteiger partial charge in [-0.05, 0) is 11.5 Å². The van der Waals surface area contributed by atoms with Gasteiger partial charge >= 0.3 is 6.36 Å². The summed E-state index contributed by atoms with van der Waals surface area (Å²) in [6, 6.07) is 4.87. The molecule has 0 saturated heterocycles. The summed E-state index contributed by atoms with van der Waals surface area (Å²) in [4.78, 5) is 11.9. The summed E-state index contributed by atoms with van der Waals surface area (Å²) in [7, 11) is 0. The molecule has 0 aliphatic heterocycles. The lowest BCUT2D eigenvalue weighted by Crippen LogP contribution is -2.48. The molecule has 4 nitrogen and oxygen atoms in total. The van der Waals surface area contributed by atoms with Crippen molar-refractivity contribution in [1.82, 2.24) is 5.32 Å². The summed E-state index contributed by atoms with van der Waals surface area (Å²) < 4.78 is 40.7. The van der Waals surface area contributed by atoms with E-state index in [-0.39, 0.29) is 17.9 Å². The van der Waals surface area contributed by atoms with Gasteiger partial charge in [-0.1, -0.05) is 39.0 Å². The Morgan fingerprint density at radius 2 is 1.86 bits per heavy atom. The molecule has 1 amide bonds. The Balaban J connectivity index is 2.74. The highest BCUT2D eigenvalue weighted by Gasteiger charge is 2.32. The van der Waals surface area contributed by atoms with Gasteiger partial charge in [0.2, 0.25) is 5.91 Å². The smallest absolute Gasteiger partial charge is 0.405 e. The number of carbonyl (C=O) groups excluding carboxylic acids is 1. The largest absolute Gasteiger partial charge is 0.573 e. The van der Waals surface area contributed by atoms with Crippen molar-refractivity contribution in [1.29, 1.82) is 0 Å². The monoisotopic (exact) mass is 304 g/mol. The van der Waals surface area contributed by atoms with E-state index in [0.717, 1.165) is 0 Å². The fourth-order valence-electron chi connectivity index (χ4n) is 1.56. The van der Waals surface area contributed by atoms with E-state index in [9.17, 15) is 18.0 Å². The van der Waals surface area contributed by atoms with Gasteiger partial charge in [0.25, 0.3) is 0 Å². The number of nitrogens with two attached hydrogens (primary N) is 1. The number of ether oxygens (including phenoxy) is 1. The maximum Gasteiger partial charge on any atom is 0.573 e. The second kappa shape index (κ2) is 6.34. The highest BCUT2D eigenvalue weighted by molar-refractivity contribution is 5.82. The van der Waals surface area contributed by atoms with Crippen molar-refractivity contribution >= 4 is 5.91 Å². The van der Waals surface area contributed by atoms with Crippen molar-refractivity contribution in [3.05, 3.63) is 29.8 Å². The first-order valence-corrected chi connectivity index (χ1v) is 6.37. The minimum atomic E-state index is -4.78. The Labute approximate surface area is 121 Å². The van der Waals surface area contributed by atoms with E-state index < -0.39 is 23.7 Å². The number of nitrogens with one attached hydrogen (secondary N) is 1. The lowest BCUT2D eigenvalue weighted by atomic mass is 9.87. The Bertz CT molecular complexity index is 496. The molecule has 1 rings (SSSR count). The van der Waals surface area contributed by atoms with Crippen molar-refractivity contribution in [3.8, 4) is 5.75 Å². The lowest BCUT2D eigenvalue weighted by molar-refractivity contribution is -0.274. The molecule has 0 saturated carbocycles. The standard InChI is InChI=1S/C14H19F3N2O2/c1-13(2,3)11(18)12(20)19-8-9-6-4-5-7-10(9)21-14(15,16)17/h4-7,11H,8,18H2,1-3H3,(H,19,20)/t11-/m1/s1. The molecule has 21 heavy (non-hydrogen) atoms. The Morgan fingerprint density at radius 1 is 1.29 bits per heavy atom. The van der Waals surface area contributed by atoms with Crippen LogP contribution in [0.1, 0.15) is 26.3 Å². The van der Waals surface area contributed by atoms with Crippen LogP contribution in [0.3, 0.4) is 0 Å². The Kier molecular flexibility index (Phi) is 5.22. The van der Waals surface area contributed by atoms with Gasteiger partial charge in [0.15, 0.2) is 0 Å². The zero-order chi connectivity index (χ0) is 16.3. The van der Waals surface area contributed by atoms with Crippen LogP contribution in [-0.4, -0.2) is 18.3 Å². The van der Waals surface area contributed by atoms with Crippen LogP contribution < -0.4 is 15.8 Å². The second-order valence-corrected chi connectivity index (χ2v) is 5.72. The van der Waals surface area contributed by atoms with Crippen molar-refractivity contribution < 1.29 is 22.7 Å². The number of carbonyl (C=O) groups is 1. The van der Waals surface area contributed by atoms with Gasteiger partial charge in [0.05, 0.1) is 6.04 Å². The van der Waals surface area contributed by atoms with Crippen LogP contribution in [0, 0.1) is 5.41 Å². The van der Waals surface area contributed by atoms with Crippen LogP contribution in [0.25, 0.3) is 0 Å². The summed E-state index contributed by atoms with van der Waals surface area (Å²) in [5.74, 6) is -0.765. The van der Waals surface area contributed by atoms with Crippen LogP contribution in [-0.2, 0) is 11.3 Å². The van der Waals surface area contributed by atoms with Gasteiger partial charge in [0.1, 0.15) is 5.75 Å². The number of halogens is 3. The van der Waals surface area contributed by atoms with Gasteiger partial charge in [-0.15, -0.1) is 13.2 Å². The van der Waals surface area contributed by atoms with Gasteiger partial charge in [-0.25, -0.2) is 0 Å². The topological polar surface area (TPSA) is 64.4 Å². The molecule has 0 aliphatic rings. The number of rotatable bonds is 4. The van der Waals surface area contributed by atoms with E-state index in [1.807, 2.05) is 0 Å². The zero-order valence-corrected chi connectivity index (χ0v) is 12.1. The van der Waals surface area contributed by atoms with Gasteiger partial charge < -0.3 is 15.8 Å². The maximum absolute atomic E-state index is 12.3. The van der Waals surface area contributed by atoms with Crippen LogP contribution in [0.4, 0.5) is 13.2 Å². The predicted octanol–water partition coefficient (Wildman–Crippen LogP) is 2.57. The molecule has 118 valence electrons. The van der Waals surface area contributed by atoms with Crippen LogP contribution in [0.5, 0.6) is 5.75 Å². The molecule has 7 heteroatoms. The third-order valence-electron chi connectivity index (χ3n) is 2.87. The molecular weight excluding hydrogens is 285 g/mol. The zero-order valence-electron chi connectivity index (χ0n) is 12.1. The van der Waals surface area contributed by atoms with Crippen molar-refractivity contribution in [2.75, 3.05) is 0 Å². The third-order valence-corrected chi connectivity index (χ3v) is 2.87. The number of hydrogen-bond acceptors (Lipinski definition) is 3. The maximum atomic E-state index is 12.3. The fourth-order valence-corrected chi connectivity index (χ4v) is 1.56. The van der Waals surface area contributed by atoms with E-state index in [4.69, 9.17) is 5.73 Å². The summed E-state index contributed by atoms with van der Waals surface area (Å²) in [5, 5.41) is 2.52. The summed E-state index contributed by atoms with van der Waals surface area (Å²) >= 11 is 0. The predicted molar refractivity (Wildman–Crippen MR) is 72.4 cm³/mol. The quantitative estimate of drug-likeness (QED) is 0.898. The van der Waals surface area contributed by atoms with Gasteiger partial charge in [0, 0.05) is 12.1 Å². The molecule has 1 atom stereocenters. The highest BCUT2D eigenvalue weighted by atomic mass is 19.4. The number of benzene rings is 1. The molecule has 0 unspecified atom stereocenters. The molecule has 0 fully saturated rings. The third kappa shape index (κ3) is 5.63. The minimum Gasteiger partial charge on any atom is -0.405 e. The first kappa shape index (κ1) is 17.3. The number of alkyl halides is 3. The number of amides is 1. The van der Waals surface area contributed by atoms with E-state index in [1.165, 1.54) is 18.2 Å². The van der Waals surface area contributed by atoms with Crippen LogP contribution in [0.2, 0.25) is 0 Å². The van der Waals surface area contributed by atoms with E-state index >= 15 is 0 Å². The Morgan fingerprint density at radius 3 is 2.38 bits per heavy atom. The number of hydrogen-bond donors (Lipinski definition) is 2. The normalized spacial score (nSPS) is 13.7. The average molecular weight is 304 g/mol. The lowest BCUT2D eigenvalue weighted by Gasteiger charge is -2.26. The molecule has 1 aromatic carbocycles. The minimum absolute atomic E-state index is 0.0884. The molecule has 0 aromatic heterocycles. The second-order valence-electron chi connectivity index (χ2n) is 5.72. The van der Waals surface area contributed by atoms with E-state index in [2.05, 4.69) is 10.1 Å². The van der Waals surface area contributed by atoms with Crippen molar-refractivity contribution in [2.45, 2.75) is 39.7 Å². The van der Waals surface area contributed by atoms with Crippen LogP contribution >= 0.6 is 0 Å². The van der Waals surface area contributed by atoms with E-state index in [1.54, 1.807) is 26.8 Å². The molecule has 1 aromatic rings. The first-order valence-electron chi connectivity index (χ1n) is 6.37. The molecule has 3 N–H and O–H groups in total. The summed E-state index contributed by atoms with van der Waals surface area (Å²) in [6.07, 6.45) is -4.78. The van der Waals surface area contributed by atoms with E-state index in [0.29, 0.717) is 0 Å². The number of para-hydroxylation sites is 1. The molecule has 0 spiro atoms. The SMILES string of the molecule is CC(C)(C)[C@H](N)C(=O)NCc1ccccc1OC(F)(F)F. The summed E-state index contributed by atoms with van der Waals surface area (Å²) in [6.45, 7) is 5.32. The molecule has 0 bridgehead atoms. The Hall–Kier alpha value is -1.76. The van der Waals surface area contributed by atoms with Crippen molar-refractivity contribution in [3.63, 3.8) is 0 Å².